The second kappa shape index (κ2) is 10.1. The lowest BCUT2D eigenvalue weighted by atomic mass is 9.99. The summed E-state index contributed by atoms with van der Waals surface area (Å²) < 4.78 is 87.9. The van der Waals surface area contributed by atoms with Gasteiger partial charge in [-0.15, -0.1) is 0 Å². The fraction of sp³-hybridized carbons (Fsp3) is 0.318. The van der Waals surface area contributed by atoms with E-state index in [0.29, 0.717) is 47.7 Å². The van der Waals surface area contributed by atoms with Crippen molar-refractivity contribution in [2.24, 2.45) is 0 Å². The van der Waals surface area contributed by atoms with Gasteiger partial charge in [-0.3, -0.25) is 0 Å². The van der Waals surface area contributed by atoms with Crippen molar-refractivity contribution in [2.45, 2.75) is 41.0 Å². The van der Waals surface area contributed by atoms with Crippen molar-refractivity contribution in [3.63, 3.8) is 0 Å². The van der Waals surface area contributed by atoms with Crippen molar-refractivity contribution in [2.75, 3.05) is 18.5 Å². The van der Waals surface area contributed by atoms with E-state index in [1.54, 1.807) is 18.2 Å². The molecule has 178 valence electrons. The molecule has 0 saturated carbocycles. The monoisotopic (exact) mass is 491 g/mol. The third-order valence-electron chi connectivity index (χ3n) is 4.83. The highest BCUT2D eigenvalue weighted by molar-refractivity contribution is 7.99. The molecule has 1 heterocycles. The second-order valence-electron chi connectivity index (χ2n) is 7.23. The predicted octanol–water partition coefficient (Wildman–Crippen LogP) is 6.56. The standard InChI is InChI=1S/C22H19F6NO3S/c23-21(24,25)19-13(5-7-18(30)31)4-6-17(20(19)22(26,27)28)33-16-3-1-2-15(12-16)29-14-8-10-32-11-9-14/h1-7,12,14,29H,8-11H2,(H,30,31). The van der Waals surface area contributed by atoms with Crippen LogP contribution in [0, 0.1) is 0 Å². The molecule has 1 saturated heterocycles. The van der Waals surface area contributed by atoms with Crippen molar-refractivity contribution in [3.05, 3.63) is 59.2 Å². The molecule has 0 atom stereocenters. The van der Waals surface area contributed by atoms with Gasteiger partial charge in [-0.2, -0.15) is 26.3 Å². The van der Waals surface area contributed by atoms with Crippen LogP contribution in [0.25, 0.3) is 6.08 Å². The van der Waals surface area contributed by atoms with Crippen LogP contribution < -0.4 is 5.32 Å². The highest BCUT2D eigenvalue weighted by Gasteiger charge is 2.46. The molecule has 1 fully saturated rings. The summed E-state index contributed by atoms with van der Waals surface area (Å²) in [6.45, 7) is 1.17. The molecular weight excluding hydrogens is 472 g/mol. The number of ether oxygens (including phenoxy) is 1. The number of carboxylic acid groups (broad SMARTS) is 1. The van der Waals surface area contributed by atoms with Crippen molar-refractivity contribution >= 4 is 29.5 Å². The Labute approximate surface area is 189 Å². The number of halogens is 6. The molecule has 0 aromatic heterocycles. The van der Waals surface area contributed by atoms with Crippen LogP contribution >= 0.6 is 11.8 Å². The summed E-state index contributed by atoms with van der Waals surface area (Å²) >= 11 is 0.556. The zero-order valence-corrected chi connectivity index (χ0v) is 17.8. The van der Waals surface area contributed by atoms with Gasteiger partial charge in [-0.1, -0.05) is 23.9 Å². The second-order valence-corrected chi connectivity index (χ2v) is 8.35. The molecule has 0 amide bonds. The summed E-state index contributed by atoms with van der Waals surface area (Å²) in [5, 5.41) is 11.9. The maximum atomic E-state index is 13.8. The minimum Gasteiger partial charge on any atom is -0.478 e. The average Bonchev–Trinajstić information content (AvgIpc) is 2.72. The molecule has 3 rings (SSSR count). The Hall–Kier alpha value is -2.66. The van der Waals surface area contributed by atoms with E-state index in [0.717, 1.165) is 25.0 Å². The molecule has 0 spiro atoms. The first-order valence-corrected chi connectivity index (χ1v) is 10.6. The molecular formula is C22H19F6NO3S. The fourth-order valence-corrected chi connectivity index (χ4v) is 4.47. The van der Waals surface area contributed by atoms with Gasteiger partial charge in [0, 0.05) is 40.8 Å². The third-order valence-corrected chi connectivity index (χ3v) is 5.88. The van der Waals surface area contributed by atoms with E-state index >= 15 is 0 Å². The first kappa shape index (κ1) is 25.0. The van der Waals surface area contributed by atoms with Gasteiger partial charge in [0.15, 0.2) is 0 Å². The summed E-state index contributed by atoms with van der Waals surface area (Å²) in [5.41, 5.74) is -4.02. The average molecular weight is 491 g/mol. The molecule has 2 N–H and O–H groups in total. The highest BCUT2D eigenvalue weighted by Crippen LogP contribution is 2.48. The first-order chi connectivity index (χ1) is 15.4. The maximum absolute atomic E-state index is 13.8. The Morgan fingerprint density at radius 2 is 1.70 bits per heavy atom. The first-order valence-electron chi connectivity index (χ1n) is 9.80. The number of hydrogen-bond donors (Lipinski definition) is 2. The third kappa shape index (κ3) is 6.67. The lowest BCUT2D eigenvalue weighted by molar-refractivity contribution is -0.163. The predicted molar refractivity (Wildman–Crippen MR) is 111 cm³/mol. The van der Waals surface area contributed by atoms with Gasteiger partial charge in [0.2, 0.25) is 0 Å². The van der Waals surface area contributed by atoms with Crippen LogP contribution in [-0.2, 0) is 21.9 Å². The Bertz CT molecular complexity index is 1030. The van der Waals surface area contributed by atoms with Gasteiger partial charge in [0.25, 0.3) is 0 Å². The zero-order valence-electron chi connectivity index (χ0n) is 17.0. The molecule has 11 heteroatoms. The lowest BCUT2D eigenvalue weighted by Crippen LogP contribution is -2.27. The smallest absolute Gasteiger partial charge is 0.418 e. The number of carboxylic acids is 1. The van der Waals surface area contributed by atoms with Gasteiger partial charge in [-0.25, -0.2) is 4.79 Å². The number of aliphatic carboxylic acids is 1. The minimum absolute atomic E-state index is 0.127. The number of benzene rings is 2. The van der Waals surface area contributed by atoms with Crippen LogP contribution in [0.5, 0.6) is 0 Å². The van der Waals surface area contributed by atoms with Crippen LogP contribution in [0.15, 0.2) is 52.3 Å². The van der Waals surface area contributed by atoms with E-state index in [1.165, 1.54) is 6.07 Å². The summed E-state index contributed by atoms with van der Waals surface area (Å²) in [6, 6.07) is 8.29. The number of anilines is 1. The van der Waals surface area contributed by atoms with Crippen molar-refractivity contribution in [1.82, 2.24) is 0 Å². The van der Waals surface area contributed by atoms with Crippen molar-refractivity contribution in [3.8, 4) is 0 Å². The van der Waals surface area contributed by atoms with E-state index in [1.807, 2.05) is 0 Å². The van der Waals surface area contributed by atoms with E-state index in [4.69, 9.17) is 9.84 Å². The van der Waals surface area contributed by atoms with Crippen LogP contribution in [0.3, 0.4) is 0 Å². The SMILES string of the molecule is O=C(O)C=Cc1ccc(Sc2cccc(NC3CCOCC3)c2)c(C(F)(F)F)c1C(F)(F)F. The van der Waals surface area contributed by atoms with E-state index in [-0.39, 0.29) is 6.04 Å². The van der Waals surface area contributed by atoms with E-state index < -0.39 is 39.9 Å². The molecule has 2 aromatic rings. The Morgan fingerprint density at radius 3 is 2.30 bits per heavy atom. The molecule has 0 aliphatic carbocycles. The Morgan fingerprint density at radius 1 is 1.03 bits per heavy atom. The summed E-state index contributed by atoms with van der Waals surface area (Å²) in [7, 11) is 0. The van der Waals surface area contributed by atoms with Gasteiger partial charge in [0.1, 0.15) is 0 Å². The molecule has 1 aliphatic rings. The van der Waals surface area contributed by atoms with Gasteiger partial charge in [0.05, 0.1) is 11.1 Å². The van der Waals surface area contributed by atoms with Crippen molar-refractivity contribution in [1.29, 1.82) is 0 Å². The Balaban J connectivity index is 2.01. The van der Waals surface area contributed by atoms with Crippen LogP contribution in [0.1, 0.15) is 29.5 Å². The van der Waals surface area contributed by atoms with E-state index in [9.17, 15) is 31.1 Å². The molecule has 33 heavy (non-hydrogen) atoms. The number of alkyl halides is 6. The number of carbonyl (C=O) groups is 1. The molecule has 0 unspecified atom stereocenters. The van der Waals surface area contributed by atoms with Gasteiger partial charge < -0.3 is 15.2 Å². The summed E-state index contributed by atoms with van der Waals surface area (Å²) in [4.78, 5) is 10.4. The van der Waals surface area contributed by atoms with Crippen molar-refractivity contribution < 1.29 is 41.0 Å². The maximum Gasteiger partial charge on any atom is 0.418 e. The largest absolute Gasteiger partial charge is 0.478 e. The molecule has 4 nitrogen and oxygen atoms in total. The van der Waals surface area contributed by atoms with Crippen LogP contribution in [0.4, 0.5) is 32.0 Å². The number of nitrogens with one attached hydrogen (secondary N) is 1. The number of rotatable bonds is 6. The number of hydrogen-bond acceptors (Lipinski definition) is 4. The Kier molecular flexibility index (Phi) is 7.63. The molecule has 1 aliphatic heterocycles. The topological polar surface area (TPSA) is 58.6 Å². The normalized spacial score (nSPS) is 15.7. The minimum atomic E-state index is -5.36. The lowest BCUT2D eigenvalue weighted by Gasteiger charge is -2.24. The summed E-state index contributed by atoms with van der Waals surface area (Å²) in [6.07, 6.45) is -8.29. The van der Waals surface area contributed by atoms with Gasteiger partial charge >= 0.3 is 18.3 Å². The zero-order chi connectivity index (χ0) is 24.2. The highest BCUT2D eigenvalue weighted by atomic mass is 32.2. The summed E-state index contributed by atoms with van der Waals surface area (Å²) in [5.74, 6) is -1.58. The molecule has 0 radical (unpaired) electrons. The quantitative estimate of drug-likeness (QED) is 0.354. The molecule has 2 aromatic carbocycles. The van der Waals surface area contributed by atoms with Crippen LogP contribution in [0.2, 0.25) is 0 Å². The molecule has 0 bridgehead atoms. The van der Waals surface area contributed by atoms with Gasteiger partial charge in [-0.05, 0) is 48.7 Å². The van der Waals surface area contributed by atoms with E-state index in [2.05, 4.69) is 5.32 Å². The fourth-order valence-electron chi connectivity index (χ4n) is 3.43. The van der Waals surface area contributed by atoms with Crippen LogP contribution in [-0.4, -0.2) is 30.3 Å².